The topological polar surface area (TPSA) is 0 Å². The fourth-order valence-electron chi connectivity index (χ4n) is 7.01. The molecule has 0 aromatic rings. The molecule has 0 aromatic heterocycles. The Labute approximate surface area is 296 Å². The Bertz CT molecular complexity index is 411. The monoisotopic (exact) mass is 649 g/mol. The fourth-order valence-corrected chi connectivity index (χ4v) is 7.01. The van der Waals surface area contributed by atoms with Crippen LogP contribution in [-0.2, 0) is 0 Å². The van der Waals surface area contributed by atoms with Crippen LogP contribution in [-0.4, -0.2) is 0 Å². The molecule has 0 heteroatoms. The van der Waals surface area contributed by atoms with Crippen LogP contribution < -0.4 is 0 Å². The Balaban J connectivity index is 0. The molecule has 0 radical (unpaired) electrons. The van der Waals surface area contributed by atoms with Crippen LogP contribution in [0.25, 0.3) is 0 Å². The van der Waals surface area contributed by atoms with Crippen molar-refractivity contribution in [2.75, 3.05) is 0 Å². The molecule has 0 amide bonds. The lowest BCUT2D eigenvalue weighted by Crippen LogP contribution is -1.84. The van der Waals surface area contributed by atoms with Gasteiger partial charge < -0.3 is 0 Å². The first-order valence-electron chi connectivity index (χ1n) is 22.8. The van der Waals surface area contributed by atoms with Gasteiger partial charge in [-0.1, -0.05) is 297 Å². The van der Waals surface area contributed by atoms with Crippen molar-refractivity contribution in [1.82, 2.24) is 0 Å². The summed E-state index contributed by atoms with van der Waals surface area (Å²) in [6.07, 6.45) is 61.8. The highest BCUT2D eigenvalue weighted by atomic mass is 14.0. The summed E-state index contributed by atoms with van der Waals surface area (Å²) in [6, 6.07) is 0. The second-order valence-corrected chi connectivity index (χ2v) is 15.4. The molecule has 280 valence electrons. The average Bonchev–Trinajstić information content (AvgIpc) is 3.07. The maximum Gasteiger partial charge on any atom is -0.0533 e. The summed E-state index contributed by atoms with van der Waals surface area (Å²) in [5.74, 6) is 0. The number of rotatable bonds is 40. The second-order valence-electron chi connectivity index (χ2n) is 15.4. The Morgan fingerprint density at radius 3 is 0.239 bits per heavy atom. The molecule has 0 rings (SSSR count). The van der Waals surface area contributed by atoms with E-state index in [2.05, 4.69) is 27.7 Å². The molecule has 0 aliphatic carbocycles. The van der Waals surface area contributed by atoms with E-state index in [-0.39, 0.29) is 0 Å². The lowest BCUT2D eigenvalue weighted by atomic mass is 10.0. The third kappa shape index (κ3) is 50.8. The highest BCUT2D eigenvalue weighted by Gasteiger charge is 1.97. The SMILES string of the molecule is CCCCCCCCCCCCCCCCCC.CCCCCCCCCCCCCCCCCCCCCCCCCCCC. The zero-order valence-corrected chi connectivity index (χ0v) is 33.7. The molecule has 0 bridgehead atoms. The number of unbranched alkanes of at least 4 members (excludes halogenated alkanes) is 40. The van der Waals surface area contributed by atoms with Gasteiger partial charge in [-0.3, -0.25) is 0 Å². The smallest absolute Gasteiger partial charge is 0.0533 e. The Hall–Kier alpha value is 0. The molecule has 0 atom stereocenters. The van der Waals surface area contributed by atoms with Gasteiger partial charge in [0, 0.05) is 0 Å². The predicted octanol–water partition coefficient (Wildman–Crippen LogP) is 18.4. The van der Waals surface area contributed by atoms with E-state index in [1.807, 2.05) is 0 Å². The fraction of sp³-hybridized carbons (Fsp3) is 1.00. The lowest BCUT2D eigenvalue weighted by Gasteiger charge is -2.04. The van der Waals surface area contributed by atoms with E-state index in [1.54, 1.807) is 0 Å². The van der Waals surface area contributed by atoms with E-state index in [9.17, 15) is 0 Å². The van der Waals surface area contributed by atoms with Crippen molar-refractivity contribution < 1.29 is 0 Å². The lowest BCUT2D eigenvalue weighted by molar-refractivity contribution is 0.516. The largest absolute Gasteiger partial charge is 0.0654 e. The first-order valence-corrected chi connectivity index (χ1v) is 22.8. The molecule has 46 heavy (non-hydrogen) atoms. The van der Waals surface area contributed by atoms with Crippen molar-refractivity contribution in [1.29, 1.82) is 0 Å². The van der Waals surface area contributed by atoms with E-state index in [0.717, 1.165) is 0 Å². The molecule has 0 nitrogen and oxygen atoms in total. The van der Waals surface area contributed by atoms with E-state index in [0.29, 0.717) is 0 Å². The van der Waals surface area contributed by atoms with Gasteiger partial charge in [0.2, 0.25) is 0 Å². The van der Waals surface area contributed by atoms with Crippen LogP contribution in [0.1, 0.15) is 297 Å². The quantitative estimate of drug-likeness (QED) is 0.0580. The number of hydrogen-bond acceptors (Lipinski definition) is 0. The van der Waals surface area contributed by atoms with E-state index in [4.69, 9.17) is 0 Å². The molecular formula is C46H96. The first-order chi connectivity index (χ1) is 22.8. The summed E-state index contributed by atoms with van der Waals surface area (Å²) >= 11 is 0. The van der Waals surface area contributed by atoms with E-state index >= 15 is 0 Å². The summed E-state index contributed by atoms with van der Waals surface area (Å²) in [4.78, 5) is 0. The predicted molar refractivity (Wildman–Crippen MR) is 217 cm³/mol. The van der Waals surface area contributed by atoms with E-state index in [1.165, 1.54) is 270 Å². The molecule has 0 aliphatic rings. The van der Waals surface area contributed by atoms with E-state index < -0.39 is 0 Å². The number of hydrogen-bond donors (Lipinski definition) is 0. The van der Waals surface area contributed by atoms with Crippen molar-refractivity contribution in [3.63, 3.8) is 0 Å². The summed E-state index contributed by atoms with van der Waals surface area (Å²) in [7, 11) is 0. The highest BCUT2D eigenvalue weighted by Crippen LogP contribution is 2.16. The standard InChI is InChI=1S/C28H58.C18H38/c1-3-5-7-9-11-13-15-17-19-21-23-25-27-28-26-24-22-20-18-16-14-12-10-8-6-4-2;1-3-5-7-9-11-13-15-17-18-16-14-12-10-8-6-4-2/h3-28H2,1-2H3;3-18H2,1-2H3. The summed E-state index contributed by atoms with van der Waals surface area (Å²) < 4.78 is 0. The average molecular weight is 649 g/mol. The van der Waals surface area contributed by atoms with Gasteiger partial charge in [-0.15, -0.1) is 0 Å². The van der Waals surface area contributed by atoms with Crippen molar-refractivity contribution >= 4 is 0 Å². The minimum atomic E-state index is 1.37. The third-order valence-electron chi connectivity index (χ3n) is 10.4. The summed E-state index contributed by atoms with van der Waals surface area (Å²) in [5.41, 5.74) is 0. The van der Waals surface area contributed by atoms with Gasteiger partial charge in [0.15, 0.2) is 0 Å². The molecule has 0 heterocycles. The van der Waals surface area contributed by atoms with Crippen LogP contribution in [0.15, 0.2) is 0 Å². The highest BCUT2D eigenvalue weighted by molar-refractivity contribution is 4.52. The first kappa shape index (κ1) is 48.1. The zero-order valence-electron chi connectivity index (χ0n) is 33.7. The molecule has 0 aliphatic heterocycles. The maximum absolute atomic E-state index is 2.30. The van der Waals surface area contributed by atoms with Gasteiger partial charge in [-0.05, 0) is 0 Å². The van der Waals surface area contributed by atoms with Crippen LogP contribution >= 0.6 is 0 Å². The van der Waals surface area contributed by atoms with Crippen molar-refractivity contribution in [3.05, 3.63) is 0 Å². The van der Waals surface area contributed by atoms with Gasteiger partial charge in [-0.2, -0.15) is 0 Å². The molecular weight excluding hydrogens is 553 g/mol. The minimum Gasteiger partial charge on any atom is -0.0654 e. The molecule has 0 saturated heterocycles. The van der Waals surface area contributed by atoms with Gasteiger partial charge in [0.25, 0.3) is 0 Å². The van der Waals surface area contributed by atoms with Crippen molar-refractivity contribution in [2.24, 2.45) is 0 Å². The zero-order chi connectivity index (χ0) is 33.7. The molecule has 0 aromatic carbocycles. The second kappa shape index (κ2) is 49.4. The molecule has 0 unspecified atom stereocenters. The summed E-state index contributed by atoms with van der Waals surface area (Å²) in [6.45, 7) is 9.20. The molecule has 0 N–H and O–H groups in total. The molecule has 0 spiro atoms. The molecule has 0 saturated carbocycles. The van der Waals surface area contributed by atoms with Gasteiger partial charge in [0.05, 0.1) is 0 Å². The van der Waals surface area contributed by atoms with Gasteiger partial charge in [0.1, 0.15) is 0 Å². The summed E-state index contributed by atoms with van der Waals surface area (Å²) in [5, 5.41) is 0. The van der Waals surface area contributed by atoms with Gasteiger partial charge >= 0.3 is 0 Å². The third-order valence-corrected chi connectivity index (χ3v) is 10.4. The Morgan fingerprint density at radius 1 is 0.109 bits per heavy atom. The van der Waals surface area contributed by atoms with Crippen LogP contribution in [0.2, 0.25) is 0 Å². The van der Waals surface area contributed by atoms with Crippen molar-refractivity contribution in [2.45, 2.75) is 297 Å². The van der Waals surface area contributed by atoms with Crippen LogP contribution in [0.4, 0.5) is 0 Å². The van der Waals surface area contributed by atoms with Crippen LogP contribution in [0.3, 0.4) is 0 Å². The minimum absolute atomic E-state index is 1.37. The van der Waals surface area contributed by atoms with Crippen molar-refractivity contribution in [3.8, 4) is 0 Å². The Morgan fingerprint density at radius 2 is 0.174 bits per heavy atom. The molecule has 0 fully saturated rings. The van der Waals surface area contributed by atoms with Crippen LogP contribution in [0.5, 0.6) is 0 Å². The normalized spacial score (nSPS) is 11.2. The Kier molecular flexibility index (Phi) is 51.7. The van der Waals surface area contributed by atoms with Gasteiger partial charge in [-0.25, -0.2) is 0 Å². The van der Waals surface area contributed by atoms with Crippen LogP contribution in [0, 0.1) is 0 Å². The maximum atomic E-state index is 2.30.